The Balaban J connectivity index is 1.62. The van der Waals surface area contributed by atoms with E-state index >= 15 is 0 Å². The summed E-state index contributed by atoms with van der Waals surface area (Å²) in [4.78, 5) is 19.1. The Bertz CT molecular complexity index is 1500. The van der Waals surface area contributed by atoms with E-state index < -0.39 is 0 Å². The third-order valence-electron chi connectivity index (χ3n) is 6.65. The van der Waals surface area contributed by atoms with E-state index in [0.717, 1.165) is 45.3 Å². The number of fused-ring (bicyclic) bond motifs is 3. The third kappa shape index (κ3) is 3.23. The van der Waals surface area contributed by atoms with Gasteiger partial charge in [-0.2, -0.15) is 0 Å². The van der Waals surface area contributed by atoms with E-state index in [4.69, 9.17) is 11.6 Å². The third-order valence-corrected chi connectivity index (χ3v) is 6.92. The van der Waals surface area contributed by atoms with Gasteiger partial charge in [-0.15, -0.1) is 11.6 Å². The second-order valence-corrected chi connectivity index (χ2v) is 8.93. The average Bonchev–Trinajstić information content (AvgIpc) is 3.37. The summed E-state index contributed by atoms with van der Waals surface area (Å²) in [5.41, 5.74) is 6.25. The molecule has 1 aromatic heterocycles. The fourth-order valence-electron chi connectivity index (χ4n) is 5.16. The van der Waals surface area contributed by atoms with Gasteiger partial charge in [0.1, 0.15) is 0 Å². The minimum atomic E-state index is -0.158. The fourth-order valence-corrected chi connectivity index (χ4v) is 5.28. The maximum atomic E-state index is 13.4. The molecule has 0 spiro atoms. The molecule has 1 amide bonds. The number of carbonyl (C=O) groups excluding carboxylic acids is 1. The van der Waals surface area contributed by atoms with Gasteiger partial charge in [0.25, 0.3) is 5.91 Å². The molecule has 6 rings (SSSR count). The minimum Gasteiger partial charge on any atom is -0.354 e. The lowest BCUT2D eigenvalue weighted by molar-refractivity contribution is 0.0751. The zero-order valence-corrected chi connectivity index (χ0v) is 18.8. The topological polar surface area (TPSA) is 36.1 Å². The molecule has 162 valence electrons. The van der Waals surface area contributed by atoms with Crippen LogP contribution in [0.5, 0.6) is 0 Å². The number of aromatic amines is 1. The Morgan fingerprint density at radius 2 is 1.61 bits per heavy atom. The van der Waals surface area contributed by atoms with E-state index in [1.807, 2.05) is 29.2 Å². The zero-order chi connectivity index (χ0) is 22.4. The van der Waals surface area contributed by atoms with Gasteiger partial charge in [-0.05, 0) is 46.5 Å². The van der Waals surface area contributed by atoms with E-state index in [1.165, 1.54) is 10.8 Å². The van der Waals surface area contributed by atoms with E-state index in [0.29, 0.717) is 12.4 Å². The molecular weight excluding hydrogens is 428 g/mol. The highest BCUT2D eigenvalue weighted by Gasteiger charge is 2.39. The summed E-state index contributed by atoms with van der Waals surface area (Å²) in [6.07, 6.45) is 0.755. The summed E-state index contributed by atoms with van der Waals surface area (Å²) in [5, 5.41) is 3.55. The first-order valence-corrected chi connectivity index (χ1v) is 11.9. The smallest absolute Gasteiger partial charge is 0.255 e. The molecule has 1 aliphatic heterocycles. The highest BCUT2D eigenvalue weighted by atomic mass is 35.5. The average molecular weight is 451 g/mol. The van der Waals surface area contributed by atoms with E-state index in [-0.39, 0.29) is 11.9 Å². The van der Waals surface area contributed by atoms with Gasteiger partial charge in [-0.3, -0.25) is 4.79 Å². The van der Waals surface area contributed by atoms with Crippen molar-refractivity contribution in [2.75, 3.05) is 12.4 Å². The molecule has 0 aliphatic carbocycles. The number of rotatable bonds is 5. The Morgan fingerprint density at radius 3 is 2.48 bits per heavy atom. The van der Waals surface area contributed by atoms with Gasteiger partial charge in [0.05, 0.1) is 11.7 Å². The molecule has 2 heterocycles. The van der Waals surface area contributed by atoms with Crippen LogP contribution in [0.1, 0.15) is 33.9 Å². The lowest BCUT2D eigenvalue weighted by Gasteiger charge is -2.26. The predicted octanol–water partition coefficient (Wildman–Crippen LogP) is 7.16. The second kappa shape index (κ2) is 8.09. The molecular formula is C29H23ClN2O. The first-order chi connectivity index (χ1) is 16.3. The fraction of sp³-hybridized carbons (Fsp3) is 0.138. The number of hydrogen-bond acceptors (Lipinski definition) is 1. The van der Waals surface area contributed by atoms with Gasteiger partial charge in [0.2, 0.25) is 0 Å². The van der Waals surface area contributed by atoms with Crippen LogP contribution in [0.3, 0.4) is 0 Å². The molecule has 4 heteroatoms. The maximum absolute atomic E-state index is 13.4. The SMILES string of the molecule is O=C1c2ccccc2[C@@H](c2c(-c3ccc4ccccc4c3)[nH]c3ccccc23)N1CCCCl. The van der Waals surface area contributed by atoms with Gasteiger partial charge >= 0.3 is 0 Å². The monoisotopic (exact) mass is 450 g/mol. The second-order valence-electron chi connectivity index (χ2n) is 8.55. The lowest BCUT2D eigenvalue weighted by Crippen LogP contribution is -2.30. The van der Waals surface area contributed by atoms with Crippen molar-refractivity contribution in [3.63, 3.8) is 0 Å². The highest BCUT2D eigenvalue weighted by molar-refractivity contribution is 6.17. The highest BCUT2D eigenvalue weighted by Crippen LogP contribution is 2.45. The van der Waals surface area contributed by atoms with Crippen LogP contribution in [0.25, 0.3) is 32.9 Å². The van der Waals surface area contributed by atoms with Crippen molar-refractivity contribution in [2.45, 2.75) is 12.5 Å². The van der Waals surface area contributed by atoms with Crippen LogP contribution in [0.15, 0.2) is 91.0 Å². The van der Waals surface area contributed by atoms with E-state index in [9.17, 15) is 4.79 Å². The van der Waals surface area contributed by atoms with Gasteiger partial charge < -0.3 is 9.88 Å². The number of H-pyrrole nitrogens is 1. The van der Waals surface area contributed by atoms with Crippen molar-refractivity contribution in [1.29, 1.82) is 0 Å². The van der Waals surface area contributed by atoms with Crippen LogP contribution in [0.4, 0.5) is 0 Å². The molecule has 3 nitrogen and oxygen atoms in total. The summed E-state index contributed by atoms with van der Waals surface area (Å²) in [6, 6.07) is 31.2. The Kier molecular flexibility index (Phi) is 4.92. The normalized spacial score (nSPS) is 15.5. The van der Waals surface area contributed by atoms with Crippen LogP contribution >= 0.6 is 11.6 Å². The van der Waals surface area contributed by atoms with Crippen LogP contribution in [0.2, 0.25) is 0 Å². The Labute approximate surface area is 197 Å². The zero-order valence-electron chi connectivity index (χ0n) is 18.1. The number of para-hydroxylation sites is 1. The standard InChI is InChI=1S/C29H23ClN2O/c30-16-7-17-32-28(22-10-3-4-11-23(22)29(32)33)26-24-12-5-6-13-25(24)31-27(26)21-15-14-19-8-1-2-9-20(19)18-21/h1-6,8-15,18,28,31H,7,16-17H2/t28-/m0/s1. The summed E-state index contributed by atoms with van der Waals surface area (Å²) in [5.74, 6) is 0.605. The van der Waals surface area contributed by atoms with Gasteiger partial charge in [0, 0.05) is 34.5 Å². The molecule has 0 saturated carbocycles. The van der Waals surface area contributed by atoms with Crippen LogP contribution in [-0.4, -0.2) is 28.2 Å². The van der Waals surface area contributed by atoms with Crippen molar-refractivity contribution in [3.8, 4) is 11.3 Å². The van der Waals surface area contributed by atoms with Crippen LogP contribution < -0.4 is 0 Å². The Morgan fingerprint density at radius 1 is 0.848 bits per heavy atom. The predicted molar refractivity (Wildman–Crippen MR) is 136 cm³/mol. The first-order valence-electron chi connectivity index (χ1n) is 11.3. The molecule has 33 heavy (non-hydrogen) atoms. The quantitative estimate of drug-likeness (QED) is 0.283. The number of alkyl halides is 1. The number of hydrogen-bond donors (Lipinski definition) is 1. The number of halogens is 1. The summed E-state index contributed by atoms with van der Waals surface area (Å²) < 4.78 is 0. The van der Waals surface area contributed by atoms with Gasteiger partial charge in [-0.25, -0.2) is 0 Å². The molecule has 1 atom stereocenters. The summed E-state index contributed by atoms with van der Waals surface area (Å²) in [6.45, 7) is 0.623. The Hall–Kier alpha value is -3.56. The largest absolute Gasteiger partial charge is 0.354 e. The number of nitrogens with one attached hydrogen (secondary N) is 1. The van der Waals surface area contributed by atoms with Crippen molar-refractivity contribution in [2.24, 2.45) is 0 Å². The van der Waals surface area contributed by atoms with Crippen molar-refractivity contribution in [1.82, 2.24) is 9.88 Å². The summed E-state index contributed by atoms with van der Waals surface area (Å²) >= 11 is 6.05. The molecule has 0 bridgehead atoms. The number of nitrogens with zero attached hydrogens (tertiary/aromatic N) is 1. The molecule has 0 unspecified atom stereocenters. The number of carbonyl (C=O) groups is 1. The molecule has 0 radical (unpaired) electrons. The van der Waals surface area contributed by atoms with E-state index in [2.05, 4.69) is 71.7 Å². The van der Waals surface area contributed by atoms with Gasteiger partial charge in [0.15, 0.2) is 0 Å². The van der Waals surface area contributed by atoms with Crippen molar-refractivity contribution < 1.29 is 4.79 Å². The summed E-state index contributed by atoms with van der Waals surface area (Å²) in [7, 11) is 0. The van der Waals surface area contributed by atoms with E-state index in [1.54, 1.807) is 0 Å². The molecule has 1 aliphatic rings. The maximum Gasteiger partial charge on any atom is 0.255 e. The molecule has 0 saturated heterocycles. The van der Waals surface area contributed by atoms with Crippen molar-refractivity contribution in [3.05, 3.63) is 108 Å². The minimum absolute atomic E-state index is 0.0791. The number of benzene rings is 4. The van der Waals surface area contributed by atoms with Crippen LogP contribution in [0, 0.1) is 0 Å². The van der Waals surface area contributed by atoms with Crippen molar-refractivity contribution >= 4 is 39.2 Å². The molecule has 5 aromatic rings. The number of amides is 1. The lowest BCUT2D eigenvalue weighted by atomic mass is 9.92. The van der Waals surface area contributed by atoms with Crippen LogP contribution in [-0.2, 0) is 0 Å². The number of aromatic nitrogens is 1. The molecule has 4 aromatic carbocycles. The van der Waals surface area contributed by atoms with Gasteiger partial charge in [-0.1, -0.05) is 72.8 Å². The first kappa shape index (κ1) is 20.1. The molecule has 0 fully saturated rings. The molecule has 1 N–H and O–H groups in total.